The Morgan fingerprint density at radius 1 is 1.43 bits per heavy atom. The fourth-order valence-corrected chi connectivity index (χ4v) is 1.71. The van der Waals surface area contributed by atoms with Gasteiger partial charge in [-0.15, -0.1) is 0 Å². The van der Waals surface area contributed by atoms with Crippen molar-refractivity contribution in [3.05, 3.63) is 0 Å². The SMILES string of the molecule is C[C@H]1O[C@H]2NC(=O)CO[C@@H]2[C@@H](O)[C@@H]1O. The van der Waals surface area contributed by atoms with Crippen LogP contribution >= 0.6 is 0 Å². The standard InChI is InChI=1S/C8H13NO5/c1-3-5(11)6(12)7-8(14-3)9-4(10)2-13-7/h3,5-8,11-12H,2H2,1H3,(H,9,10)/t3-,5-,6+,7-,8-/m1/s1. The molecule has 0 bridgehead atoms. The Bertz CT molecular complexity index is 246. The first kappa shape index (κ1) is 9.85. The Balaban J connectivity index is 2.11. The molecule has 3 N–H and O–H groups in total. The average Bonchev–Trinajstić information content (AvgIpc) is 2.14. The lowest BCUT2D eigenvalue weighted by atomic mass is 9.98. The molecule has 5 atom stereocenters. The highest BCUT2D eigenvalue weighted by Gasteiger charge is 2.46. The molecule has 0 radical (unpaired) electrons. The van der Waals surface area contributed by atoms with E-state index in [4.69, 9.17) is 9.47 Å². The number of hydrogen-bond acceptors (Lipinski definition) is 5. The van der Waals surface area contributed by atoms with E-state index in [1.54, 1.807) is 6.92 Å². The van der Waals surface area contributed by atoms with E-state index in [1.807, 2.05) is 0 Å². The molecule has 6 heteroatoms. The van der Waals surface area contributed by atoms with Gasteiger partial charge in [-0.05, 0) is 6.92 Å². The summed E-state index contributed by atoms with van der Waals surface area (Å²) in [6.07, 6.45) is -3.87. The Hall–Kier alpha value is -0.690. The zero-order valence-electron chi connectivity index (χ0n) is 7.71. The predicted octanol–water partition coefficient (Wildman–Crippen LogP) is -2.03. The number of carbonyl (C=O) groups excluding carboxylic acids is 1. The molecule has 2 heterocycles. The molecule has 0 aromatic rings. The van der Waals surface area contributed by atoms with Crippen LogP contribution < -0.4 is 5.32 Å². The smallest absolute Gasteiger partial charge is 0.248 e. The van der Waals surface area contributed by atoms with Gasteiger partial charge in [0.25, 0.3) is 0 Å². The van der Waals surface area contributed by atoms with Gasteiger partial charge in [-0.25, -0.2) is 0 Å². The number of amides is 1. The van der Waals surface area contributed by atoms with Gasteiger partial charge in [-0.2, -0.15) is 0 Å². The maximum Gasteiger partial charge on any atom is 0.248 e. The largest absolute Gasteiger partial charge is 0.388 e. The quantitative estimate of drug-likeness (QED) is 0.422. The van der Waals surface area contributed by atoms with Crippen LogP contribution in [0.4, 0.5) is 0 Å². The molecule has 1 amide bonds. The van der Waals surface area contributed by atoms with Gasteiger partial charge in [-0.3, -0.25) is 4.79 Å². The number of aliphatic hydroxyl groups excluding tert-OH is 2. The minimum absolute atomic E-state index is 0.108. The summed E-state index contributed by atoms with van der Waals surface area (Å²) in [6, 6.07) is 0. The zero-order valence-corrected chi connectivity index (χ0v) is 7.71. The fourth-order valence-electron chi connectivity index (χ4n) is 1.71. The molecular formula is C8H13NO5. The Morgan fingerprint density at radius 3 is 2.86 bits per heavy atom. The topological polar surface area (TPSA) is 88.0 Å². The van der Waals surface area contributed by atoms with Crippen molar-refractivity contribution < 1.29 is 24.5 Å². The first-order chi connectivity index (χ1) is 6.59. The van der Waals surface area contributed by atoms with Gasteiger partial charge in [-0.1, -0.05) is 0 Å². The van der Waals surface area contributed by atoms with Crippen LogP contribution in [-0.4, -0.2) is 53.4 Å². The summed E-state index contributed by atoms with van der Waals surface area (Å²) < 4.78 is 10.4. The lowest BCUT2D eigenvalue weighted by Gasteiger charge is -2.43. The monoisotopic (exact) mass is 203 g/mol. The fraction of sp³-hybridized carbons (Fsp3) is 0.875. The Kier molecular flexibility index (Phi) is 2.44. The van der Waals surface area contributed by atoms with E-state index in [1.165, 1.54) is 0 Å². The van der Waals surface area contributed by atoms with Crippen LogP contribution in [-0.2, 0) is 14.3 Å². The maximum absolute atomic E-state index is 11.0. The van der Waals surface area contributed by atoms with Crippen LogP contribution in [0.2, 0.25) is 0 Å². The number of aliphatic hydroxyl groups is 2. The van der Waals surface area contributed by atoms with Gasteiger partial charge in [0.1, 0.15) is 24.9 Å². The summed E-state index contributed by atoms with van der Waals surface area (Å²) in [4.78, 5) is 11.0. The molecule has 2 aliphatic rings. The normalized spacial score (nSPS) is 48.2. The minimum atomic E-state index is -1.02. The van der Waals surface area contributed by atoms with Crippen molar-refractivity contribution in [3.8, 4) is 0 Å². The summed E-state index contributed by atoms with van der Waals surface area (Å²) in [7, 11) is 0. The van der Waals surface area contributed by atoms with E-state index >= 15 is 0 Å². The van der Waals surface area contributed by atoms with Crippen LogP contribution in [0.3, 0.4) is 0 Å². The minimum Gasteiger partial charge on any atom is -0.388 e. The molecule has 0 aromatic heterocycles. The molecule has 2 aliphatic heterocycles. The van der Waals surface area contributed by atoms with Crippen LogP contribution in [0.15, 0.2) is 0 Å². The van der Waals surface area contributed by atoms with Crippen LogP contribution in [0.25, 0.3) is 0 Å². The summed E-state index contributed by atoms with van der Waals surface area (Å²) >= 11 is 0. The van der Waals surface area contributed by atoms with Crippen molar-refractivity contribution in [3.63, 3.8) is 0 Å². The van der Waals surface area contributed by atoms with E-state index in [2.05, 4.69) is 5.32 Å². The third-order valence-electron chi connectivity index (χ3n) is 2.54. The van der Waals surface area contributed by atoms with E-state index < -0.39 is 30.6 Å². The first-order valence-corrected chi connectivity index (χ1v) is 4.52. The van der Waals surface area contributed by atoms with Crippen molar-refractivity contribution in [2.75, 3.05) is 6.61 Å². The number of hydrogen-bond donors (Lipinski definition) is 3. The van der Waals surface area contributed by atoms with Gasteiger partial charge in [0.2, 0.25) is 5.91 Å². The lowest BCUT2D eigenvalue weighted by molar-refractivity contribution is -0.248. The van der Waals surface area contributed by atoms with E-state index in [0.29, 0.717) is 0 Å². The molecule has 0 spiro atoms. The lowest BCUT2D eigenvalue weighted by Crippen LogP contribution is -2.65. The first-order valence-electron chi connectivity index (χ1n) is 4.52. The summed E-state index contributed by atoms with van der Waals surface area (Å²) in [5.41, 5.74) is 0. The average molecular weight is 203 g/mol. The maximum atomic E-state index is 11.0. The van der Waals surface area contributed by atoms with Crippen molar-refractivity contribution in [1.29, 1.82) is 0 Å². The highest BCUT2D eigenvalue weighted by atomic mass is 16.6. The number of morpholine rings is 1. The molecule has 2 rings (SSSR count). The number of carbonyl (C=O) groups is 1. The summed E-state index contributed by atoms with van der Waals surface area (Å²) in [5, 5.41) is 21.6. The van der Waals surface area contributed by atoms with Gasteiger partial charge >= 0.3 is 0 Å². The third kappa shape index (κ3) is 1.50. The van der Waals surface area contributed by atoms with Crippen molar-refractivity contribution in [1.82, 2.24) is 5.32 Å². The number of rotatable bonds is 0. The van der Waals surface area contributed by atoms with Crippen LogP contribution in [0.5, 0.6) is 0 Å². The Morgan fingerprint density at radius 2 is 2.14 bits per heavy atom. The second kappa shape index (κ2) is 3.47. The molecule has 2 saturated heterocycles. The van der Waals surface area contributed by atoms with Gasteiger partial charge < -0.3 is 25.0 Å². The summed E-state index contributed by atoms with van der Waals surface area (Å²) in [6.45, 7) is 1.52. The molecule has 0 aliphatic carbocycles. The zero-order chi connectivity index (χ0) is 10.3. The molecule has 14 heavy (non-hydrogen) atoms. The van der Waals surface area contributed by atoms with Crippen LogP contribution in [0.1, 0.15) is 6.92 Å². The molecule has 0 aromatic carbocycles. The highest BCUT2D eigenvalue weighted by molar-refractivity contribution is 5.78. The Labute approximate surface area is 80.8 Å². The predicted molar refractivity (Wildman–Crippen MR) is 44.2 cm³/mol. The third-order valence-corrected chi connectivity index (χ3v) is 2.54. The molecule has 0 saturated carbocycles. The molecule has 80 valence electrons. The molecular weight excluding hydrogens is 190 g/mol. The van der Waals surface area contributed by atoms with Gasteiger partial charge in [0, 0.05) is 0 Å². The molecule has 0 unspecified atom stereocenters. The number of ether oxygens (including phenoxy) is 2. The molecule has 6 nitrogen and oxygen atoms in total. The second-order valence-electron chi connectivity index (χ2n) is 3.59. The number of nitrogens with one attached hydrogen (secondary N) is 1. The van der Waals surface area contributed by atoms with Crippen molar-refractivity contribution in [2.24, 2.45) is 0 Å². The molecule has 2 fully saturated rings. The van der Waals surface area contributed by atoms with Crippen molar-refractivity contribution in [2.45, 2.75) is 37.6 Å². The van der Waals surface area contributed by atoms with Gasteiger partial charge in [0.15, 0.2) is 6.23 Å². The van der Waals surface area contributed by atoms with E-state index in [9.17, 15) is 15.0 Å². The van der Waals surface area contributed by atoms with Gasteiger partial charge in [0.05, 0.1) is 6.10 Å². The van der Waals surface area contributed by atoms with E-state index in [-0.39, 0.29) is 12.5 Å². The van der Waals surface area contributed by atoms with Crippen molar-refractivity contribution >= 4 is 5.91 Å². The number of fused-ring (bicyclic) bond motifs is 1. The second-order valence-corrected chi connectivity index (χ2v) is 3.59. The highest BCUT2D eigenvalue weighted by Crippen LogP contribution is 2.23. The van der Waals surface area contributed by atoms with E-state index in [0.717, 1.165) is 0 Å². The van der Waals surface area contributed by atoms with Crippen LogP contribution in [0, 0.1) is 0 Å². The summed E-state index contributed by atoms with van der Waals surface area (Å²) in [5.74, 6) is -0.276.